The summed E-state index contributed by atoms with van der Waals surface area (Å²) in [5.41, 5.74) is 0. The van der Waals surface area contributed by atoms with E-state index in [1.807, 2.05) is 6.92 Å². The molecule has 1 nitrogen and oxygen atoms in total. The first-order valence-corrected chi connectivity index (χ1v) is 4.02. The minimum Gasteiger partial charge on any atom is -0.631 e. The van der Waals surface area contributed by atoms with Gasteiger partial charge in [0.2, 0.25) is 0 Å². The molecule has 1 aliphatic heterocycles. The molecule has 1 unspecified atom stereocenters. The predicted octanol–water partition coefficient (Wildman–Crippen LogP) is 0.730. The normalized spacial score (nSPS) is 26.6. The molecule has 0 saturated heterocycles. The van der Waals surface area contributed by atoms with Gasteiger partial charge in [-0.25, -0.2) is 0 Å². The molecular weight excluding hydrogens is 107 g/mol. The van der Waals surface area contributed by atoms with E-state index in [-0.39, 0.29) is 0 Å². The molecule has 0 saturated carbocycles. The maximum absolute atomic E-state index is 10.7. The van der Waals surface area contributed by atoms with Crippen LogP contribution < -0.4 is 4.89 Å². The van der Waals surface area contributed by atoms with E-state index in [1.165, 1.54) is 5.29 Å². The summed E-state index contributed by atoms with van der Waals surface area (Å²) in [7, 11) is -0.860. The van der Waals surface area contributed by atoms with Crippen molar-refractivity contribution in [1.82, 2.24) is 0 Å². The predicted molar refractivity (Wildman–Crippen MR) is 31.7 cm³/mol. The molecule has 0 amide bonds. The molecule has 0 aliphatic carbocycles. The van der Waals surface area contributed by atoms with Crippen molar-refractivity contribution in [1.29, 1.82) is 0 Å². The topological polar surface area (TPSA) is 23.1 Å². The highest BCUT2D eigenvalue weighted by Crippen LogP contribution is 2.25. The first kappa shape index (κ1) is 5.27. The minimum atomic E-state index is -0.860. The molecule has 1 heterocycles. The Labute approximate surface area is 44.8 Å². The van der Waals surface area contributed by atoms with E-state index >= 15 is 0 Å². The molecular formula is C5H9OP. The van der Waals surface area contributed by atoms with Crippen LogP contribution in [-0.4, -0.2) is 11.5 Å². The van der Waals surface area contributed by atoms with Crippen LogP contribution in [0.25, 0.3) is 0 Å². The lowest BCUT2D eigenvalue weighted by Gasteiger charge is -1.86. The molecule has 40 valence electrons. The first-order chi connectivity index (χ1) is 3.30. The molecule has 0 N–H and O–H groups in total. The van der Waals surface area contributed by atoms with Gasteiger partial charge in [0, 0.05) is 14.2 Å². The second-order valence-electron chi connectivity index (χ2n) is 1.94. The van der Waals surface area contributed by atoms with Gasteiger partial charge in [0.1, 0.15) is 6.16 Å². The zero-order chi connectivity index (χ0) is 5.28. The monoisotopic (exact) mass is 116 g/mol. The van der Waals surface area contributed by atoms with Crippen LogP contribution in [-0.2, 0) is 0 Å². The van der Waals surface area contributed by atoms with E-state index in [0.29, 0.717) is 0 Å². The van der Waals surface area contributed by atoms with Gasteiger partial charge < -0.3 is 4.89 Å². The SMILES string of the molecule is CC1=[P+]([O-])CCC1. The molecule has 1 aliphatic rings. The van der Waals surface area contributed by atoms with E-state index in [1.54, 1.807) is 0 Å². The van der Waals surface area contributed by atoms with Gasteiger partial charge in [-0.3, -0.25) is 0 Å². The third-order valence-electron chi connectivity index (χ3n) is 1.33. The lowest BCUT2D eigenvalue weighted by molar-refractivity contribution is -0.152. The second kappa shape index (κ2) is 1.94. The zero-order valence-electron chi connectivity index (χ0n) is 4.48. The van der Waals surface area contributed by atoms with Crippen molar-refractivity contribution in [2.45, 2.75) is 19.8 Å². The highest BCUT2D eigenvalue weighted by molar-refractivity contribution is 7.52. The van der Waals surface area contributed by atoms with Gasteiger partial charge >= 0.3 is 0 Å². The number of hydrogen-bond acceptors (Lipinski definition) is 1. The molecule has 0 aromatic carbocycles. The van der Waals surface area contributed by atoms with Gasteiger partial charge in [0.05, 0.1) is 5.29 Å². The van der Waals surface area contributed by atoms with Gasteiger partial charge in [-0.05, 0) is 13.3 Å². The Hall–Kier alpha value is 0.130. The maximum atomic E-state index is 10.7. The van der Waals surface area contributed by atoms with E-state index < -0.39 is 7.77 Å². The molecule has 0 bridgehead atoms. The van der Waals surface area contributed by atoms with Gasteiger partial charge in [-0.15, -0.1) is 0 Å². The molecule has 0 fully saturated rings. The highest BCUT2D eigenvalue weighted by atomic mass is 31.1. The van der Waals surface area contributed by atoms with E-state index in [2.05, 4.69) is 0 Å². The van der Waals surface area contributed by atoms with Gasteiger partial charge in [-0.2, -0.15) is 0 Å². The Morgan fingerprint density at radius 3 is 2.57 bits per heavy atom. The van der Waals surface area contributed by atoms with Crippen LogP contribution >= 0.6 is 7.77 Å². The fourth-order valence-corrected chi connectivity index (χ4v) is 2.03. The Morgan fingerprint density at radius 2 is 2.43 bits per heavy atom. The number of rotatable bonds is 0. The van der Waals surface area contributed by atoms with Gasteiger partial charge in [0.25, 0.3) is 0 Å². The average molecular weight is 116 g/mol. The summed E-state index contributed by atoms with van der Waals surface area (Å²) in [5.74, 6) is 0. The van der Waals surface area contributed by atoms with Crippen LogP contribution in [0.5, 0.6) is 0 Å². The molecule has 0 radical (unpaired) electrons. The molecule has 1 rings (SSSR count). The third-order valence-corrected chi connectivity index (χ3v) is 3.12. The molecule has 1 atom stereocenters. The number of hydrogen-bond donors (Lipinski definition) is 0. The standard InChI is InChI=1S/C5H9OP/c1-5-3-2-4-7(5)6/h2-4H2,1H3. The smallest absolute Gasteiger partial charge is 0.103 e. The quantitative estimate of drug-likeness (QED) is 0.428. The van der Waals surface area contributed by atoms with E-state index in [4.69, 9.17) is 0 Å². The third kappa shape index (κ3) is 1.02. The molecule has 0 aromatic heterocycles. The Balaban J connectivity index is 2.64. The Bertz CT molecular complexity index is 94.6. The van der Waals surface area contributed by atoms with Crippen molar-refractivity contribution in [2.75, 3.05) is 6.16 Å². The Morgan fingerprint density at radius 1 is 1.71 bits per heavy atom. The van der Waals surface area contributed by atoms with Crippen LogP contribution in [0.4, 0.5) is 0 Å². The van der Waals surface area contributed by atoms with Crippen molar-refractivity contribution in [2.24, 2.45) is 0 Å². The lowest BCUT2D eigenvalue weighted by Crippen LogP contribution is -1.90. The van der Waals surface area contributed by atoms with E-state index in [0.717, 1.165) is 19.0 Å². The van der Waals surface area contributed by atoms with Crippen LogP contribution in [0.15, 0.2) is 0 Å². The average Bonchev–Trinajstić information content (AvgIpc) is 1.91. The summed E-state index contributed by atoms with van der Waals surface area (Å²) in [4.78, 5) is 10.7. The largest absolute Gasteiger partial charge is 0.631 e. The maximum Gasteiger partial charge on any atom is 0.103 e. The van der Waals surface area contributed by atoms with Crippen molar-refractivity contribution < 1.29 is 4.89 Å². The van der Waals surface area contributed by atoms with Crippen LogP contribution in [0.3, 0.4) is 0 Å². The fourth-order valence-electron chi connectivity index (χ4n) is 0.794. The van der Waals surface area contributed by atoms with Gasteiger partial charge in [-0.1, -0.05) is 0 Å². The van der Waals surface area contributed by atoms with Crippen molar-refractivity contribution in [3.8, 4) is 0 Å². The molecule has 7 heavy (non-hydrogen) atoms. The fraction of sp³-hybridized carbons (Fsp3) is 0.800. The van der Waals surface area contributed by atoms with Crippen molar-refractivity contribution in [3.05, 3.63) is 0 Å². The summed E-state index contributed by atoms with van der Waals surface area (Å²) < 4.78 is 0. The van der Waals surface area contributed by atoms with E-state index in [9.17, 15) is 4.89 Å². The summed E-state index contributed by atoms with van der Waals surface area (Å²) in [6, 6.07) is 0. The zero-order valence-corrected chi connectivity index (χ0v) is 5.37. The van der Waals surface area contributed by atoms with Crippen molar-refractivity contribution in [3.63, 3.8) is 0 Å². The first-order valence-electron chi connectivity index (χ1n) is 2.58. The Kier molecular flexibility index (Phi) is 1.46. The molecule has 2 heteroatoms. The summed E-state index contributed by atoms with van der Waals surface area (Å²) in [6.07, 6.45) is 3.21. The molecule has 0 aromatic rings. The summed E-state index contributed by atoms with van der Waals surface area (Å²) in [5, 5.41) is 1.22. The minimum absolute atomic E-state index is 0.860. The van der Waals surface area contributed by atoms with Crippen molar-refractivity contribution >= 4 is 13.1 Å². The highest BCUT2D eigenvalue weighted by Gasteiger charge is 2.11. The molecule has 0 spiro atoms. The summed E-state index contributed by atoms with van der Waals surface area (Å²) in [6.45, 7) is 1.99. The van der Waals surface area contributed by atoms with Crippen LogP contribution in [0, 0.1) is 0 Å². The summed E-state index contributed by atoms with van der Waals surface area (Å²) >= 11 is 0. The van der Waals surface area contributed by atoms with Gasteiger partial charge in [0.15, 0.2) is 0 Å². The second-order valence-corrected chi connectivity index (χ2v) is 3.91. The van der Waals surface area contributed by atoms with Crippen LogP contribution in [0.1, 0.15) is 19.8 Å². The lowest BCUT2D eigenvalue weighted by atomic mass is 10.3. The van der Waals surface area contributed by atoms with Crippen LogP contribution in [0.2, 0.25) is 0 Å².